The van der Waals surface area contributed by atoms with E-state index >= 15 is 0 Å². The third-order valence-corrected chi connectivity index (χ3v) is 2.78. The van der Waals surface area contributed by atoms with E-state index in [-0.39, 0.29) is 5.91 Å². The Hall–Kier alpha value is -1.51. The maximum Gasteiger partial charge on any atom is 0.216 e. The molecule has 22 heavy (non-hydrogen) atoms. The minimum Gasteiger partial charge on any atom is -0.377 e. The summed E-state index contributed by atoms with van der Waals surface area (Å²) in [6.45, 7) is 7.94. The lowest BCUT2D eigenvalue weighted by Crippen LogP contribution is -2.25. The summed E-state index contributed by atoms with van der Waals surface area (Å²) in [4.78, 5) is 10.6. The van der Waals surface area contributed by atoms with Gasteiger partial charge >= 0.3 is 0 Å². The zero-order chi connectivity index (χ0) is 16.0. The van der Waals surface area contributed by atoms with Crippen molar-refractivity contribution in [1.82, 2.24) is 20.3 Å². The van der Waals surface area contributed by atoms with Gasteiger partial charge in [-0.25, -0.2) is 4.68 Å². The highest BCUT2D eigenvalue weighted by Gasteiger charge is 1.98. The van der Waals surface area contributed by atoms with Crippen molar-refractivity contribution in [3.8, 4) is 0 Å². The number of hydrogen-bond acceptors (Lipinski definition) is 6. The highest BCUT2D eigenvalue weighted by Crippen LogP contribution is 1.93. The second kappa shape index (κ2) is 12.1. The quantitative estimate of drug-likeness (QED) is 0.517. The van der Waals surface area contributed by atoms with Crippen molar-refractivity contribution in [3.63, 3.8) is 0 Å². The maximum atomic E-state index is 10.6. The molecule has 0 aliphatic rings. The molecule has 0 saturated heterocycles. The van der Waals surface area contributed by atoms with Crippen LogP contribution >= 0.6 is 0 Å². The Morgan fingerprint density at radius 3 is 2.36 bits per heavy atom. The number of aryl methyl sites for hydroxylation is 1. The van der Waals surface area contributed by atoms with Crippen LogP contribution in [0.1, 0.15) is 19.5 Å². The Morgan fingerprint density at radius 2 is 1.77 bits per heavy atom. The molecule has 0 aliphatic heterocycles. The second-order valence-corrected chi connectivity index (χ2v) is 4.65. The molecule has 1 aromatic rings. The molecule has 1 rings (SSSR count). The molecule has 1 amide bonds. The number of nitrogens with zero attached hydrogens (tertiary/aromatic N) is 3. The zero-order valence-corrected chi connectivity index (χ0v) is 13.4. The lowest BCUT2D eigenvalue weighted by Gasteiger charge is -2.07. The summed E-state index contributed by atoms with van der Waals surface area (Å²) in [6.07, 6.45) is 2.82. The molecule has 0 bridgehead atoms. The Balaban J connectivity index is 1.81. The van der Waals surface area contributed by atoms with Crippen molar-refractivity contribution >= 4 is 5.91 Å². The van der Waals surface area contributed by atoms with E-state index in [0.717, 1.165) is 12.1 Å². The number of hydrogen-bond donors (Lipinski definition) is 1. The summed E-state index contributed by atoms with van der Waals surface area (Å²) < 4.78 is 17.9. The van der Waals surface area contributed by atoms with Gasteiger partial charge in [0.25, 0.3) is 0 Å². The van der Waals surface area contributed by atoms with Gasteiger partial charge in [-0.1, -0.05) is 12.1 Å². The Bertz CT molecular complexity index is 411. The number of amides is 1. The van der Waals surface area contributed by atoms with Crippen molar-refractivity contribution in [3.05, 3.63) is 11.9 Å². The first-order valence-electron chi connectivity index (χ1n) is 7.59. The van der Waals surface area contributed by atoms with Crippen molar-refractivity contribution in [2.24, 2.45) is 0 Å². The number of aromatic nitrogens is 3. The molecule has 0 fully saturated rings. The first-order chi connectivity index (χ1) is 10.7. The predicted octanol–water partition coefficient (Wildman–Crippen LogP) is 0.0264. The molecule has 8 nitrogen and oxygen atoms in total. The van der Waals surface area contributed by atoms with Gasteiger partial charge in [0, 0.05) is 19.7 Å². The fourth-order valence-electron chi connectivity index (χ4n) is 1.61. The second-order valence-electron chi connectivity index (χ2n) is 4.65. The highest BCUT2D eigenvalue weighted by molar-refractivity contribution is 5.72. The molecule has 0 saturated carbocycles. The molecule has 126 valence electrons. The highest BCUT2D eigenvalue weighted by atomic mass is 16.5. The number of carbonyl (C=O) groups is 1. The van der Waals surface area contributed by atoms with E-state index in [4.69, 9.17) is 14.2 Å². The number of carbonyl (C=O) groups excluding carboxylic acids is 1. The first kappa shape index (κ1) is 18.5. The van der Waals surface area contributed by atoms with Crippen LogP contribution in [0, 0.1) is 0 Å². The van der Waals surface area contributed by atoms with Crippen LogP contribution < -0.4 is 5.32 Å². The van der Waals surface area contributed by atoms with Crippen LogP contribution in [0.5, 0.6) is 0 Å². The van der Waals surface area contributed by atoms with Gasteiger partial charge in [-0.3, -0.25) is 4.79 Å². The van der Waals surface area contributed by atoms with Crippen molar-refractivity contribution in [2.45, 2.75) is 26.8 Å². The largest absolute Gasteiger partial charge is 0.377 e. The average Bonchev–Trinajstić information content (AvgIpc) is 2.96. The summed E-state index contributed by atoms with van der Waals surface area (Å²) in [6, 6.07) is 0. The number of rotatable bonds is 13. The fourth-order valence-corrected chi connectivity index (χ4v) is 1.61. The Morgan fingerprint density at radius 1 is 1.14 bits per heavy atom. The van der Waals surface area contributed by atoms with E-state index in [2.05, 4.69) is 15.6 Å². The van der Waals surface area contributed by atoms with Crippen molar-refractivity contribution in [2.75, 3.05) is 46.2 Å². The summed E-state index contributed by atoms with van der Waals surface area (Å²) in [5.74, 6) is -0.0474. The van der Waals surface area contributed by atoms with E-state index in [1.807, 2.05) is 13.1 Å². The van der Waals surface area contributed by atoms with Crippen LogP contribution in [0.15, 0.2) is 6.20 Å². The smallest absolute Gasteiger partial charge is 0.216 e. The van der Waals surface area contributed by atoms with E-state index in [1.54, 1.807) is 4.68 Å². The summed E-state index contributed by atoms with van der Waals surface area (Å²) in [5, 5.41) is 10.7. The molecule has 1 heterocycles. The molecule has 0 atom stereocenters. The molecule has 0 aromatic carbocycles. The molecule has 1 N–H and O–H groups in total. The van der Waals surface area contributed by atoms with Crippen LogP contribution in [0.2, 0.25) is 0 Å². The molecule has 8 heteroatoms. The lowest BCUT2D eigenvalue weighted by atomic mass is 10.4. The maximum absolute atomic E-state index is 10.6. The monoisotopic (exact) mass is 314 g/mol. The molecular weight excluding hydrogens is 288 g/mol. The molecular formula is C14H26N4O4. The Kier molecular flexibility index (Phi) is 10.2. The summed E-state index contributed by atoms with van der Waals surface area (Å²) in [5.41, 5.74) is 0.988. The minimum atomic E-state index is -0.0474. The van der Waals surface area contributed by atoms with Crippen molar-refractivity contribution in [1.29, 1.82) is 0 Å². The average molecular weight is 314 g/mol. The Labute approximate surface area is 131 Å². The minimum absolute atomic E-state index is 0.0474. The van der Waals surface area contributed by atoms with Crippen molar-refractivity contribution < 1.29 is 19.0 Å². The zero-order valence-electron chi connectivity index (χ0n) is 13.4. The van der Waals surface area contributed by atoms with Gasteiger partial charge in [-0.2, -0.15) is 0 Å². The van der Waals surface area contributed by atoms with Gasteiger partial charge in [0.1, 0.15) is 0 Å². The normalized spacial score (nSPS) is 10.8. The molecule has 0 radical (unpaired) electrons. The van der Waals surface area contributed by atoms with E-state index in [9.17, 15) is 4.79 Å². The molecule has 0 aliphatic carbocycles. The summed E-state index contributed by atoms with van der Waals surface area (Å²) >= 11 is 0. The van der Waals surface area contributed by atoms with E-state index < -0.39 is 0 Å². The van der Waals surface area contributed by atoms with Gasteiger partial charge in [-0.05, 0) is 6.42 Å². The van der Waals surface area contributed by atoms with Crippen LogP contribution in [0.4, 0.5) is 0 Å². The van der Waals surface area contributed by atoms with Crippen LogP contribution in [-0.4, -0.2) is 67.1 Å². The van der Waals surface area contributed by atoms with Gasteiger partial charge < -0.3 is 19.5 Å². The van der Waals surface area contributed by atoms with Gasteiger partial charge in [0.15, 0.2) is 0 Å². The van der Waals surface area contributed by atoms with Crippen LogP contribution in [0.25, 0.3) is 0 Å². The van der Waals surface area contributed by atoms with Gasteiger partial charge in [0.05, 0.1) is 51.9 Å². The fraction of sp³-hybridized carbons (Fsp3) is 0.786. The van der Waals surface area contributed by atoms with Crippen LogP contribution in [0.3, 0.4) is 0 Å². The molecule has 0 spiro atoms. The van der Waals surface area contributed by atoms with Gasteiger partial charge in [0.2, 0.25) is 5.91 Å². The lowest BCUT2D eigenvalue weighted by molar-refractivity contribution is -0.119. The standard InChI is InChI=1S/C14H26N4O4/c1-3-14-12-18(17-16-14)5-7-21-9-11-22-10-8-20-6-4-15-13(2)19/h12H,3-11H2,1-2H3,(H,15,19). The van der Waals surface area contributed by atoms with Crippen LogP contribution in [-0.2, 0) is 32.0 Å². The molecule has 0 unspecified atom stereocenters. The number of ether oxygens (including phenoxy) is 3. The first-order valence-corrected chi connectivity index (χ1v) is 7.59. The van der Waals surface area contributed by atoms with E-state index in [0.29, 0.717) is 52.7 Å². The third kappa shape index (κ3) is 9.43. The van der Waals surface area contributed by atoms with Gasteiger partial charge in [-0.15, -0.1) is 5.10 Å². The predicted molar refractivity (Wildman–Crippen MR) is 80.5 cm³/mol. The number of nitrogens with one attached hydrogen (secondary N) is 1. The molecule has 1 aromatic heterocycles. The topological polar surface area (TPSA) is 87.5 Å². The third-order valence-electron chi connectivity index (χ3n) is 2.78. The summed E-state index contributed by atoms with van der Waals surface area (Å²) in [7, 11) is 0. The van der Waals surface area contributed by atoms with E-state index in [1.165, 1.54) is 6.92 Å². The SMILES string of the molecule is CCc1cn(CCOCCOCCOCCNC(C)=O)nn1.